The number of nitrogens with zero attached hydrogens (tertiary/aromatic N) is 2. The number of fused-ring (bicyclic) bond motifs is 1. The number of hydrogen-bond acceptors (Lipinski definition) is 5. The van der Waals surface area contributed by atoms with Crippen molar-refractivity contribution in [2.45, 2.75) is 19.3 Å². The van der Waals surface area contributed by atoms with Gasteiger partial charge in [0.25, 0.3) is 5.91 Å². The Bertz CT molecular complexity index is 1060. The van der Waals surface area contributed by atoms with Gasteiger partial charge in [-0.2, -0.15) is 5.10 Å². The summed E-state index contributed by atoms with van der Waals surface area (Å²) < 4.78 is 11.3. The molecule has 0 aliphatic heterocycles. The van der Waals surface area contributed by atoms with E-state index in [9.17, 15) is 9.59 Å². The van der Waals surface area contributed by atoms with Crippen molar-refractivity contribution >= 4 is 17.7 Å². The molecule has 0 radical (unpaired) electrons. The van der Waals surface area contributed by atoms with E-state index in [1.54, 1.807) is 4.68 Å². The summed E-state index contributed by atoms with van der Waals surface area (Å²) in [7, 11) is 1.39. The number of methoxy groups -OCH3 is 1. The Balaban J connectivity index is 1.60. The van der Waals surface area contributed by atoms with Gasteiger partial charge in [-0.05, 0) is 48.6 Å². The van der Waals surface area contributed by atoms with Crippen molar-refractivity contribution in [1.82, 2.24) is 9.78 Å². The standard InChI is InChI=1S/C23H23N3O4/c1-29-15-23(28)30-14-22(27)24-21-13-20(25-26(21)19-8-3-2-4-9-19)18-11-10-16-6-5-7-17(16)12-18/h2-4,8-13H,5-7,14-15H2,1H3,(H,24,27). The summed E-state index contributed by atoms with van der Waals surface area (Å²) in [6, 6.07) is 17.8. The van der Waals surface area contributed by atoms with Gasteiger partial charge in [0.05, 0.1) is 11.4 Å². The van der Waals surface area contributed by atoms with Crippen molar-refractivity contribution in [2.75, 3.05) is 25.6 Å². The van der Waals surface area contributed by atoms with E-state index in [1.165, 1.54) is 24.7 Å². The zero-order chi connectivity index (χ0) is 20.9. The molecule has 4 rings (SSSR count). The highest BCUT2D eigenvalue weighted by Crippen LogP contribution is 2.29. The highest BCUT2D eigenvalue weighted by molar-refractivity contribution is 5.93. The minimum absolute atomic E-state index is 0.197. The minimum atomic E-state index is -0.594. The molecule has 1 aromatic heterocycles. The Morgan fingerprint density at radius 3 is 2.63 bits per heavy atom. The van der Waals surface area contributed by atoms with Crippen LogP contribution in [0.1, 0.15) is 17.5 Å². The summed E-state index contributed by atoms with van der Waals surface area (Å²) in [5.41, 5.74) is 5.34. The predicted molar refractivity (Wildman–Crippen MR) is 112 cm³/mol. The average molecular weight is 405 g/mol. The van der Waals surface area contributed by atoms with Crippen LogP contribution < -0.4 is 5.32 Å². The summed E-state index contributed by atoms with van der Waals surface area (Å²) in [4.78, 5) is 23.8. The predicted octanol–water partition coefficient (Wildman–Crippen LogP) is 3.16. The number of amides is 1. The summed E-state index contributed by atoms with van der Waals surface area (Å²) >= 11 is 0. The maximum Gasteiger partial charge on any atom is 0.332 e. The van der Waals surface area contributed by atoms with Gasteiger partial charge in [0.15, 0.2) is 6.61 Å². The van der Waals surface area contributed by atoms with Crippen LogP contribution in [0.15, 0.2) is 54.6 Å². The van der Waals surface area contributed by atoms with E-state index in [1.807, 2.05) is 36.4 Å². The summed E-state index contributed by atoms with van der Waals surface area (Å²) in [6.07, 6.45) is 3.39. The minimum Gasteiger partial charge on any atom is -0.454 e. The van der Waals surface area contributed by atoms with Crippen LogP contribution in [0.5, 0.6) is 0 Å². The molecule has 30 heavy (non-hydrogen) atoms. The number of para-hydroxylation sites is 1. The maximum absolute atomic E-state index is 12.3. The zero-order valence-electron chi connectivity index (χ0n) is 16.8. The highest BCUT2D eigenvalue weighted by atomic mass is 16.6. The van der Waals surface area contributed by atoms with Crippen LogP contribution in [-0.4, -0.2) is 42.0 Å². The van der Waals surface area contributed by atoms with E-state index >= 15 is 0 Å². The second-order valence-corrected chi connectivity index (χ2v) is 7.14. The molecule has 0 saturated carbocycles. The molecular weight excluding hydrogens is 382 g/mol. The molecule has 1 aliphatic carbocycles. The molecule has 0 unspecified atom stereocenters. The fourth-order valence-electron chi connectivity index (χ4n) is 3.59. The number of aryl methyl sites for hydroxylation is 2. The first-order valence-electron chi connectivity index (χ1n) is 9.86. The zero-order valence-corrected chi connectivity index (χ0v) is 16.8. The summed E-state index contributed by atoms with van der Waals surface area (Å²) in [6.45, 7) is -0.589. The average Bonchev–Trinajstić information content (AvgIpc) is 3.39. The van der Waals surface area contributed by atoms with E-state index in [-0.39, 0.29) is 6.61 Å². The number of carbonyl (C=O) groups excluding carboxylic acids is 2. The summed E-state index contributed by atoms with van der Waals surface area (Å²) in [5, 5.41) is 7.52. The number of benzene rings is 2. The van der Waals surface area contributed by atoms with Gasteiger partial charge in [-0.15, -0.1) is 0 Å². The molecule has 0 atom stereocenters. The molecule has 3 aromatic rings. The second kappa shape index (κ2) is 8.92. The van der Waals surface area contributed by atoms with E-state index in [0.717, 1.165) is 29.8 Å². The number of ether oxygens (including phenoxy) is 2. The van der Waals surface area contributed by atoms with E-state index in [2.05, 4.69) is 23.5 Å². The van der Waals surface area contributed by atoms with Crippen LogP contribution in [0.2, 0.25) is 0 Å². The van der Waals surface area contributed by atoms with Crippen LogP contribution in [0.3, 0.4) is 0 Å². The fourth-order valence-corrected chi connectivity index (χ4v) is 3.59. The molecule has 1 N–H and O–H groups in total. The Hall–Kier alpha value is -3.45. The molecule has 0 fully saturated rings. The maximum atomic E-state index is 12.3. The van der Waals surface area contributed by atoms with Crippen LogP contribution in [0, 0.1) is 0 Å². The van der Waals surface area contributed by atoms with Gasteiger partial charge in [-0.3, -0.25) is 4.79 Å². The SMILES string of the molecule is COCC(=O)OCC(=O)Nc1cc(-c2ccc3c(c2)CCC3)nn1-c1ccccc1. The van der Waals surface area contributed by atoms with Gasteiger partial charge < -0.3 is 14.8 Å². The lowest BCUT2D eigenvalue weighted by atomic mass is 10.0. The molecule has 7 nitrogen and oxygen atoms in total. The van der Waals surface area contributed by atoms with Crippen molar-refractivity contribution in [3.63, 3.8) is 0 Å². The molecule has 7 heteroatoms. The quantitative estimate of drug-likeness (QED) is 0.611. The second-order valence-electron chi connectivity index (χ2n) is 7.14. The third-order valence-electron chi connectivity index (χ3n) is 5.00. The monoisotopic (exact) mass is 405 g/mol. The third kappa shape index (κ3) is 4.41. The van der Waals surface area contributed by atoms with Crippen molar-refractivity contribution in [3.05, 3.63) is 65.7 Å². The molecule has 0 spiro atoms. The molecule has 1 amide bonds. The van der Waals surface area contributed by atoms with Crippen molar-refractivity contribution in [3.8, 4) is 16.9 Å². The van der Waals surface area contributed by atoms with Crippen LogP contribution in [-0.2, 0) is 31.9 Å². The van der Waals surface area contributed by atoms with Gasteiger partial charge in [0, 0.05) is 18.7 Å². The van der Waals surface area contributed by atoms with Gasteiger partial charge in [0.2, 0.25) is 0 Å². The third-order valence-corrected chi connectivity index (χ3v) is 5.00. The number of hydrogen-bond donors (Lipinski definition) is 1. The molecule has 1 aliphatic rings. The number of rotatable bonds is 7. The number of carbonyl (C=O) groups is 2. The first-order valence-corrected chi connectivity index (χ1v) is 9.86. The highest BCUT2D eigenvalue weighted by Gasteiger charge is 2.17. The van der Waals surface area contributed by atoms with E-state index in [4.69, 9.17) is 14.6 Å². The number of esters is 1. The van der Waals surface area contributed by atoms with Gasteiger partial charge in [-0.1, -0.05) is 30.3 Å². The first-order chi connectivity index (χ1) is 14.6. The molecule has 0 bridgehead atoms. The van der Waals surface area contributed by atoms with Crippen LogP contribution in [0.25, 0.3) is 16.9 Å². The van der Waals surface area contributed by atoms with E-state index < -0.39 is 18.5 Å². The fraction of sp³-hybridized carbons (Fsp3) is 0.261. The Kier molecular flexibility index (Phi) is 5.90. The van der Waals surface area contributed by atoms with Gasteiger partial charge in [-0.25, -0.2) is 9.48 Å². The normalized spacial score (nSPS) is 12.4. The molecule has 0 saturated heterocycles. The summed E-state index contributed by atoms with van der Waals surface area (Å²) in [5.74, 6) is -0.537. The molecule has 2 aromatic carbocycles. The lowest BCUT2D eigenvalue weighted by Crippen LogP contribution is -2.23. The number of aromatic nitrogens is 2. The van der Waals surface area contributed by atoms with Crippen LogP contribution >= 0.6 is 0 Å². The number of nitrogens with one attached hydrogen (secondary N) is 1. The molecule has 1 heterocycles. The number of anilines is 1. The van der Waals surface area contributed by atoms with Crippen molar-refractivity contribution in [1.29, 1.82) is 0 Å². The first kappa shape index (κ1) is 19.8. The largest absolute Gasteiger partial charge is 0.454 e. The lowest BCUT2D eigenvalue weighted by Gasteiger charge is -2.09. The molecule has 154 valence electrons. The van der Waals surface area contributed by atoms with Gasteiger partial charge in [0.1, 0.15) is 12.4 Å². The van der Waals surface area contributed by atoms with Crippen molar-refractivity contribution in [2.24, 2.45) is 0 Å². The van der Waals surface area contributed by atoms with Crippen molar-refractivity contribution < 1.29 is 19.1 Å². The smallest absolute Gasteiger partial charge is 0.332 e. The lowest BCUT2D eigenvalue weighted by molar-refractivity contribution is -0.150. The topological polar surface area (TPSA) is 82.4 Å². The van der Waals surface area contributed by atoms with Gasteiger partial charge >= 0.3 is 5.97 Å². The van der Waals surface area contributed by atoms with E-state index in [0.29, 0.717) is 5.82 Å². The molecular formula is C23H23N3O4. The Morgan fingerprint density at radius 2 is 1.83 bits per heavy atom. The Labute approximate surface area is 174 Å². The van der Waals surface area contributed by atoms with Crippen LogP contribution in [0.4, 0.5) is 5.82 Å². The Morgan fingerprint density at radius 1 is 1.03 bits per heavy atom.